The molecule has 1 heterocycles. The van der Waals surface area contributed by atoms with Crippen molar-refractivity contribution in [1.29, 1.82) is 0 Å². The van der Waals surface area contributed by atoms with Crippen LogP contribution >= 0.6 is 0 Å². The molecule has 6 nitrogen and oxygen atoms in total. The largest absolute Gasteiger partial charge is 0.508 e. The number of hydrogen-bond acceptors (Lipinski definition) is 6. The van der Waals surface area contributed by atoms with Gasteiger partial charge in [-0.1, -0.05) is 18.9 Å². The van der Waals surface area contributed by atoms with Crippen LogP contribution in [0, 0.1) is 0 Å². The first-order valence-corrected chi connectivity index (χ1v) is 9.61. The molecule has 1 aromatic heterocycles. The van der Waals surface area contributed by atoms with Crippen LogP contribution in [-0.4, -0.2) is 35.1 Å². The Labute approximate surface area is 160 Å². The molecule has 0 aliphatic rings. The van der Waals surface area contributed by atoms with E-state index in [2.05, 4.69) is 5.32 Å². The van der Waals surface area contributed by atoms with Gasteiger partial charge in [0.25, 0.3) is 0 Å². The van der Waals surface area contributed by atoms with Gasteiger partial charge >= 0.3 is 0 Å². The Bertz CT molecular complexity index is 642. The minimum absolute atomic E-state index is 0.0681. The van der Waals surface area contributed by atoms with Crippen molar-refractivity contribution in [3.05, 3.63) is 53.0 Å². The molecule has 0 aliphatic carbocycles. The molecule has 4 N–H and O–H groups in total. The average molecular weight is 377 g/mol. The van der Waals surface area contributed by atoms with E-state index in [4.69, 9.17) is 9.15 Å². The van der Waals surface area contributed by atoms with Gasteiger partial charge in [0.15, 0.2) is 0 Å². The van der Waals surface area contributed by atoms with Crippen molar-refractivity contribution in [3.8, 4) is 5.75 Å². The molecule has 2 aromatic rings. The maximum atomic E-state index is 9.84. The molecule has 0 spiro atoms. The summed E-state index contributed by atoms with van der Waals surface area (Å²) in [7, 11) is 0. The van der Waals surface area contributed by atoms with Gasteiger partial charge in [-0.05, 0) is 48.7 Å². The monoisotopic (exact) mass is 377 g/mol. The molecule has 27 heavy (non-hydrogen) atoms. The Kier molecular flexibility index (Phi) is 9.94. The maximum absolute atomic E-state index is 9.84. The Morgan fingerprint density at radius 1 is 0.926 bits per heavy atom. The minimum atomic E-state index is -0.239. The van der Waals surface area contributed by atoms with Crippen LogP contribution in [0.5, 0.6) is 5.75 Å². The lowest BCUT2D eigenvalue weighted by Crippen LogP contribution is -2.17. The summed E-state index contributed by atoms with van der Waals surface area (Å²) in [5.74, 6) is 1.03. The Balaban J connectivity index is 1.52. The number of unbranched alkanes of at least 4 members (excludes halogenated alkanes) is 3. The number of ether oxygens (including phenoxy) is 1. The fraction of sp³-hybridized carbons (Fsp3) is 0.524. The normalized spacial score (nSPS) is 11.2. The van der Waals surface area contributed by atoms with Crippen LogP contribution in [0.4, 0.5) is 0 Å². The molecule has 2 rings (SSSR count). The predicted molar refractivity (Wildman–Crippen MR) is 103 cm³/mol. The van der Waals surface area contributed by atoms with Gasteiger partial charge in [0, 0.05) is 25.1 Å². The second-order valence-electron chi connectivity index (χ2n) is 6.55. The molecule has 0 unspecified atom stereocenters. The number of rotatable bonds is 14. The third kappa shape index (κ3) is 7.34. The van der Waals surface area contributed by atoms with Gasteiger partial charge in [0.05, 0.1) is 26.1 Å². The van der Waals surface area contributed by atoms with Crippen LogP contribution in [0.25, 0.3) is 0 Å². The zero-order valence-electron chi connectivity index (χ0n) is 15.8. The number of furan rings is 1. The standard InChI is InChI=1S/C21H31NO5/c23-15-17-7-8-21(25)20(16-24)19(17)14-22-10-3-1-2-4-11-26-13-9-18-6-5-12-27-18/h5-8,12,22-25H,1-4,9-11,13-16H2. The first-order valence-electron chi connectivity index (χ1n) is 9.61. The lowest BCUT2D eigenvalue weighted by Gasteiger charge is -2.14. The second kappa shape index (κ2) is 12.5. The molecule has 0 saturated carbocycles. The molecule has 0 atom stereocenters. The van der Waals surface area contributed by atoms with Gasteiger partial charge in [-0.2, -0.15) is 0 Å². The fourth-order valence-electron chi connectivity index (χ4n) is 3.02. The van der Waals surface area contributed by atoms with Crippen LogP contribution in [0.1, 0.15) is 48.1 Å². The third-order valence-corrected chi connectivity index (χ3v) is 4.60. The van der Waals surface area contributed by atoms with Crippen molar-refractivity contribution in [3.63, 3.8) is 0 Å². The highest BCUT2D eigenvalue weighted by Crippen LogP contribution is 2.25. The summed E-state index contributed by atoms with van der Waals surface area (Å²) in [6.07, 6.45) is 6.84. The quantitative estimate of drug-likeness (QED) is 0.378. The van der Waals surface area contributed by atoms with Gasteiger partial charge in [-0.25, -0.2) is 0 Å². The first kappa shape index (κ1) is 21.4. The van der Waals surface area contributed by atoms with Crippen LogP contribution in [0.15, 0.2) is 34.9 Å². The van der Waals surface area contributed by atoms with Crippen molar-refractivity contribution in [2.75, 3.05) is 19.8 Å². The number of hydrogen-bond donors (Lipinski definition) is 4. The molecule has 0 fully saturated rings. The highest BCUT2D eigenvalue weighted by Gasteiger charge is 2.11. The molecular formula is C21H31NO5. The van der Waals surface area contributed by atoms with Gasteiger partial charge < -0.3 is 29.8 Å². The highest BCUT2D eigenvalue weighted by atomic mass is 16.5. The van der Waals surface area contributed by atoms with E-state index in [0.29, 0.717) is 18.7 Å². The van der Waals surface area contributed by atoms with Crippen LogP contribution < -0.4 is 5.32 Å². The SMILES string of the molecule is OCc1ccc(O)c(CO)c1CNCCCCCCOCCc1ccco1. The first-order chi connectivity index (χ1) is 13.3. The fourth-order valence-corrected chi connectivity index (χ4v) is 3.02. The summed E-state index contributed by atoms with van der Waals surface area (Å²) >= 11 is 0. The Morgan fingerprint density at radius 3 is 2.52 bits per heavy atom. The second-order valence-corrected chi connectivity index (χ2v) is 6.55. The molecule has 0 aliphatic heterocycles. The van der Waals surface area contributed by atoms with Crippen molar-refractivity contribution in [2.24, 2.45) is 0 Å². The van der Waals surface area contributed by atoms with E-state index in [0.717, 1.165) is 62.1 Å². The summed E-state index contributed by atoms with van der Waals surface area (Å²) in [6, 6.07) is 7.05. The van der Waals surface area contributed by atoms with E-state index in [9.17, 15) is 15.3 Å². The number of benzene rings is 1. The molecule has 150 valence electrons. The van der Waals surface area contributed by atoms with Gasteiger partial charge in [-0.3, -0.25) is 0 Å². The van der Waals surface area contributed by atoms with Crippen molar-refractivity contribution in [1.82, 2.24) is 5.32 Å². The number of aliphatic hydroxyl groups is 2. The summed E-state index contributed by atoms with van der Waals surface area (Å²) in [5.41, 5.74) is 2.00. The molecule has 0 amide bonds. The topological polar surface area (TPSA) is 95.1 Å². The summed E-state index contributed by atoms with van der Waals surface area (Å²) in [6.45, 7) is 2.50. The number of nitrogens with one attached hydrogen (secondary N) is 1. The lowest BCUT2D eigenvalue weighted by molar-refractivity contribution is 0.129. The predicted octanol–water partition coefficient (Wildman–Crippen LogP) is 2.88. The summed E-state index contributed by atoms with van der Waals surface area (Å²) in [5, 5.41) is 32.1. The van der Waals surface area contributed by atoms with E-state index >= 15 is 0 Å². The summed E-state index contributed by atoms with van der Waals surface area (Å²) < 4.78 is 10.9. The van der Waals surface area contributed by atoms with Gasteiger partial charge in [0.2, 0.25) is 0 Å². The Hall–Kier alpha value is -1.86. The van der Waals surface area contributed by atoms with Crippen LogP contribution in [0.3, 0.4) is 0 Å². The molecule has 1 aromatic carbocycles. The molecule has 0 radical (unpaired) electrons. The van der Waals surface area contributed by atoms with Crippen LogP contribution in [0.2, 0.25) is 0 Å². The zero-order valence-corrected chi connectivity index (χ0v) is 15.8. The lowest BCUT2D eigenvalue weighted by atomic mass is 10.0. The minimum Gasteiger partial charge on any atom is -0.508 e. The van der Waals surface area contributed by atoms with Crippen LogP contribution in [-0.2, 0) is 30.9 Å². The van der Waals surface area contributed by atoms with E-state index in [1.165, 1.54) is 6.07 Å². The van der Waals surface area contributed by atoms with Gasteiger partial charge in [0.1, 0.15) is 11.5 Å². The number of phenols is 1. The third-order valence-electron chi connectivity index (χ3n) is 4.60. The van der Waals surface area contributed by atoms with E-state index in [1.54, 1.807) is 12.3 Å². The van der Waals surface area contributed by atoms with E-state index < -0.39 is 0 Å². The zero-order chi connectivity index (χ0) is 19.3. The van der Waals surface area contributed by atoms with Crippen molar-refractivity contribution >= 4 is 0 Å². The number of aromatic hydroxyl groups is 1. The molecule has 0 saturated heterocycles. The van der Waals surface area contributed by atoms with Crippen molar-refractivity contribution < 1.29 is 24.5 Å². The molecule has 6 heteroatoms. The van der Waals surface area contributed by atoms with E-state index in [-0.39, 0.29) is 19.0 Å². The van der Waals surface area contributed by atoms with E-state index in [1.807, 2.05) is 12.1 Å². The highest BCUT2D eigenvalue weighted by molar-refractivity contribution is 5.43. The summed E-state index contributed by atoms with van der Waals surface area (Å²) in [4.78, 5) is 0. The molecule has 0 bridgehead atoms. The average Bonchev–Trinajstić information content (AvgIpc) is 3.19. The smallest absolute Gasteiger partial charge is 0.121 e. The van der Waals surface area contributed by atoms with Gasteiger partial charge in [-0.15, -0.1) is 0 Å². The Morgan fingerprint density at radius 2 is 1.78 bits per heavy atom. The number of aliphatic hydroxyl groups excluding tert-OH is 2. The maximum Gasteiger partial charge on any atom is 0.121 e. The van der Waals surface area contributed by atoms with Crippen molar-refractivity contribution in [2.45, 2.75) is 51.9 Å². The molecular weight excluding hydrogens is 346 g/mol.